The topological polar surface area (TPSA) is 199 Å². The van der Waals surface area contributed by atoms with Crippen LogP contribution in [0.15, 0.2) is 41.9 Å². The number of piperidine rings is 1. The highest BCUT2D eigenvalue weighted by Gasteiger charge is 2.43. The molecule has 2 fully saturated rings. The highest BCUT2D eigenvalue weighted by molar-refractivity contribution is 7.88. The summed E-state index contributed by atoms with van der Waals surface area (Å²) in [6.07, 6.45) is 4.52. The number of nitrogens with zero attached hydrogens (tertiary/aromatic N) is 4. The van der Waals surface area contributed by atoms with Gasteiger partial charge < -0.3 is 26.2 Å². The normalized spacial score (nSPS) is 18.3. The van der Waals surface area contributed by atoms with E-state index < -0.39 is 40.5 Å². The summed E-state index contributed by atoms with van der Waals surface area (Å²) in [6, 6.07) is 6.39. The SMILES string of the molecule is N=C(N)NCCC[C@H](NC(=O)CN1CCN(S(=O)(=O)Cc2ccccc2)[C@@H](CC(=O)N2CCCCC2)C1=O)C(=O)c1nccs1. The fourth-order valence-electron chi connectivity index (χ4n) is 5.51. The molecular formula is C29H40N8O6S2. The van der Waals surface area contributed by atoms with E-state index in [0.29, 0.717) is 31.6 Å². The molecule has 0 saturated carbocycles. The third kappa shape index (κ3) is 9.55. The van der Waals surface area contributed by atoms with Gasteiger partial charge in [-0.25, -0.2) is 13.4 Å². The molecule has 3 heterocycles. The van der Waals surface area contributed by atoms with Crippen LogP contribution in [0.25, 0.3) is 0 Å². The third-order valence-electron chi connectivity index (χ3n) is 7.77. The van der Waals surface area contributed by atoms with Gasteiger partial charge in [0.1, 0.15) is 6.04 Å². The maximum Gasteiger partial charge on any atom is 0.242 e. The van der Waals surface area contributed by atoms with Crippen LogP contribution in [0.2, 0.25) is 0 Å². The van der Waals surface area contributed by atoms with Crippen molar-refractivity contribution in [2.24, 2.45) is 5.73 Å². The number of nitrogens with two attached hydrogens (primary N) is 1. The number of aromatic nitrogens is 1. The summed E-state index contributed by atoms with van der Waals surface area (Å²) < 4.78 is 28.3. The Morgan fingerprint density at radius 2 is 1.82 bits per heavy atom. The van der Waals surface area contributed by atoms with Crippen molar-refractivity contribution in [2.75, 3.05) is 39.3 Å². The van der Waals surface area contributed by atoms with Gasteiger partial charge in [-0.15, -0.1) is 11.3 Å². The van der Waals surface area contributed by atoms with E-state index in [9.17, 15) is 27.6 Å². The number of carbonyl (C=O) groups is 4. The third-order valence-corrected chi connectivity index (χ3v) is 10.4. The number of likely N-dealkylation sites (tertiary alicyclic amines) is 1. The van der Waals surface area contributed by atoms with Gasteiger partial charge >= 0.3 is 0 Å². The number of sulfonamides is 1. The number of hydrogen-bond donors (Lipinski definition) is 4. The van der Waals surface area contributed by atoms with Crippen molar-refractivity contribution in [1.29, 1.82) is 5.41 Å². The molecule has 3 amide bonds. The zero-order valence-corrected chi connectivity index (χ0v) is 26.7. The lowest BCUT2D eigenvalue weighted by molar-refractivity contribution is -0.146. The number of Topliss-reactive ketones (excluding diaryl/α,β-unsaturated/α-hetero) is 1. The maximum atomic E-state index is 13.8. The molecule has 0 bridgehead atoms. The van der Waals surface area contributed by atoms with E-state index in [2.05, 4.69) is 15.6 Å². The van der Waals surface area contributed by atoms with Crippen molar-refractivity contribution in [3.63, 3.8) is 0 Å². The molecule has 0 aliphatic carbocycles. The Morgan fingerprint density at radius 1 is 1.09 bits per heavy atom. The molecule has 2 saturated heterocycles. The molecule has 2 aromatic rings. The second-order valence-corrected chi connectivity index (χ2v) is 13.9. The number of piperazine rings is 1. The molecular weight excluding hydrogens is 621 g/mol. The summed E-state index contributed by atoms with van der Waals surface area (Å²) >= 11 is 1.14. The fourth-order valence-corrected chi connectivity index (χ4v) is 7.83. The van der Waals surface area contributed by atoms with Crippen molar-refractivity contribution in [3.8, 4) is 0 Å². The van der Waals surface area contributed by atoms with Crippen LogP contribution in [-0.4, -0.2) is 108 Å². The molecule has 4 rings (SSSR count). The zero-order valence-electron chi connectivity index (χ0n) is 25.0. The quantitative estimate of drug-likeness (QED) is 0.0966. The van der Waals surface area contributed by atoms with Gasteiger partial charge in [-0.3, -0.25) is 24.6 Å². The molecule has 5 N–H and O–H groups in total. The van der Waals surface area contributed by atoms with Crippen LogP contribution < -0.4 is 16.4 Å². The Balaban J connectivity index is 1.48. The first-order valence-electron chi connectivity index (χ1n) is 15.0. The number of guanidine groups is 1. The summed E-state index contributed by atoms with van der Waals surface area (Å²) in [6.45, 7) is 0.884. The van der Waals surface area contributed by atoms with Crippen LogP contribution in [0.1, 0.15) is 53.9 Å². The van der Waals surface area contributed by atoms with Gasteiger partial charge in [-0.05, 0) is 37.7 Å². The minimum absolute atomic E-state index is 0.0533. The standard InChI is InChI=1S/C29H40N8O6S2/c30-29(31)33-11-7-10-22(26(40)27-32-12-17-44-27)34-24(38)19-36-15-16-37(45(42,43)20-21-8-3-1-4-9-21)23(28(36)41)18-25(39)35-13-5-2-6-14-35/h1,3-4,8-9,12,17,22-23H,2,5-7,10-11,13-16,18-20H2,(H,34,38)(H4,30,31,33)/t22-,23-/m0/s1. The number of amides is 3. The Hall–Kier alpha value is -3.89. The van der Waals surface area contributed by atoms with E-state index >= 15 is 0 Å². The summed E-state index contributed by atoms with van der Waals surface area (Å²) in [5, 5.41) is 14.5. The average Bonchev–Trinajstić information content (AvgIpc) is 3.56. The fraction of sp³-hybridized carbons (Fsp3) is 0.517. The van der Waals surface area contributed by atoms with Gasteiger partial charge in [0.05, 0.1) is 24.8 Å². The van der Waals surface area contributed by atoms with E-state index in [1.165, 1.54) is 11.1 Å². The molecule has 0 radical (unpaired) electrons. The Bertz CT molecular complexity index is 1450. The predicted molar refractivity (Wildman–Crippen MR) is 169 cm³/mol. The van der Waals surface area contributed by atoms with E-state index in [1.54, 1.807) is 40.6 Å². The highest BCUT2D eigenvalue weighted by atomic mass is 32.2. The van der Waals surface area contributed by atoms with Gasteiger partial charge in [-0.1, -0.05) is 30.3 Å². The first-order chi connectivity index (χ1) is 21.5. The minimum atomic E-state index is -3.99. The first-order valence-corrected chi connectivity index (χ1v) is 17.4. The van der Waals surface area contributed by atoms with Crippen LogP contribution in [0.3, 0.4) is 0 Å². The van der Waals surface area contributed by atoms with Gasteiger partial charge in [0.25, 0.3) is 0 Å². The Kier molecular flexibility index (Phi) is 12.0. The monoisotopic (exact) mass is 660 g/mol. The van der Waals surface area contributed by atoms with Crippen molar-refractivity contribution in [1.82, 2.24) is 29.7 Å². The summed E-state index contributed by atoms with van der Waals surface area (Å²) in [5.41, 5.74) is 5.89. The van der Waals surface area contributed by atoms with Crippen LogP contribution in [-0.2, 0) is 30.2 Å². The molecule has 2 aliphatic rings. The molecule has 0 unspecified atom stereocenters. The molecule has 45 heavy (non-hydrogen) atoms. The van der Waals surface area contributed by atoms with E-state index in [4.69, 9.17) is 11.1 Å². The van der Waals surface area contributed by atoms with Crippen molar-refractivity contribution in [3.05, 3.63) is 52.5 Å². The lowest BCUT2D eigenvalue weighted by atomic mass is 10.1. The van der Waals surface area contributed by atoms with Crippen molar-refractivity contribution >= 4 is 50.8 Å². The second kappa shape index (κ2) is 15.9. The van der Waals surface area contributed by atoms with E-state index in [0.717, 1.165) is 34.9 Å². The van der Waals surface area contributed by atoms with Crippen molar-refractivity contribution < 1.29 is 27.6 Å². The van der Waals surface area contributed by atoms with E-state index in [-0.39, 0.29) is 54.3 Å². The number of rotatable bonds is 14. The molecule has 2 aliphatic heterocycles. The van der Waals surface area contributed by atoms with Gasteiger partial charge in [-0.2, -0.15) is 4.31 Å². The summed E-state index contributed by atoms with van der Waals surface area (Å²) in [7, 11) is -3.99. The van der Waals surface area contributed by atoms with E-state index in [1.807, 2.05) is 0 Å². The number of hydrogen-bond acceptors (Lipinski definition) is 9. The molecule has 0 spiro atoms. The largest absolute Gasteiger partial charge is 0.370 e. The predicted octanol–water partition coefficient (Wildman–Crippen LogP) is 0.519. The van der Waals surface area contributed by atoms with Crippen LogP contribution in [0, 0.1) is 5.41 Å². The molecule has 1 aromatic heterocycles. The lowest BCUT2D eigenvalue weighted by Crippen LogP contribution is -2.61. The average molecular weight is 661 g/mol. The minimum Gasteiger partial charge on any atom is -0.370 e. The smallest absolute Gasteiger partial charge is 0.242 e. The number of benzene rings is 1. The van der Waals surface area contributed by atoms with Crippen LogP contribution in [0.5, 0.6) is 0 Å². The number of thiazole rings is 1. The summed E-state index contributed by atoms with van der Waals surface area (Å²) in [5.74, 6) is -2.44. The van der Waals surface area contributed by atoms with Gasteiger partial charge in [0.2, 0.25) is 33.5 Å². The molecule has 2 atom stereocenters. The van der Waals surface area contributed by atoms with Gasteiger partial charge in [0, 0.05) is 44.3 Å². The molecule has 14 nitrogen and oxygen atoms in total. The highest BCUT2D eigenvalue weighted by Crippen LogP contribution is 2.23. The maximum absolute atomic E-state index is 13.8. The molecule has 1 aromatic carbocycles. The Labute approximate surface area is 266 Å². The van der Waals surface area contributed by atoms with Crippen LogP contribution in [0.4, 0.5) is 0 Å². The van der Waals surface area contributed by atoms with Crippen LogP contribution >= 0.6 is 11.3 Å². The number of carbonyl (C=O) groups excluding carboxylic acids is 4. The number of ketones is 1. The zero-order chi connectivity index (χ0) is 32.4. The summed E-state index contributed by atoms with van der Waals surface area (Å²) in [4.78, 5) is 60.4. The second-order valence-electron chi connectivity index (χ2n) is 11.1. The first kappa shape index (κ1) is 34.0. The molecule has 16 heteroatoms. The lowest BCUT2D eigenvalue weighted by Gasteiger charge is -2.40. The Morgan fingerprint density at radius 3 is 2.49 bits per heavy atom. The molecule has 244 valence electrons. The van der Waals surface area contributed by atoms with Crippen molar-refractivity contribution in [2.45, 2.75) is 56.4 Å². The number of nitrogens with one attached hydrogen (secondary N) is 3. The van der Waals surface area contributed by atoms with Gasteiger partial charge in [0.15, 0.2) is 11.0 Å².